The van der Waals surface area contributed by atoms with E-state index in [-0.39, 0.29) is 11.7 Å². The quantitative estimate of drug-likeness (QED) is 0.392. The number of nitrogens with one attached hydrogen (secondary N) is 1. The summed E-state index contributed by atoms with van der Waals surface area (Å²) in [5.41, 5.74) is 2.26. The average molecular weight is 469 g/mol. The van der Waals surface area contributed by atoms with Crippen LogP contribution in [0.3, 0.4) is 0 Å². The highest BCUT2D eigenvalue weighted by atomic mass is 19.1. The number of carbonyl (C=O) groups is 1. The van der Waals surface area contributed by atoms with E-state index in [0.29, 0.717) is 34.5 Å². The summed E-state index contributed by atoms with van der Waals surface area (Å²) in [5, 5.41) is 7.21. The molecule has 9 nitrogen and oxygen atoms in total. The minimum Gasteiger partial charge on any atom is -0.439 e. The smallest absolute Gasteiger partial charge is 0.273 e. The van der Waals surface area contributed by atoms with Gasteiger partial charge in [-0.25, -0.2) is 19.3 Å². The summed E-state index contributed by atoms with van der Waals surface area (Å²) in [6, 6.07) is 16.2. The maximum Gasteiger partial charge on any atom is 0.273 e. The van der Waals surface area contributed by atoms with Crippen molar-refractivity contribution in [3.63, 3.8) is 0 Å². The molecule has 0 aliphatic carbocycles. The molecule has 0 saturated carbocycles. The maximum atomic E-state index is 13.2. The summed E-state index contributed by atoms with van der Waals surface area (Å²) in [4.78, 5) is 25.4. The zero-order valence-electron chi connectivity index (χ0n) is 18.9. The van der Waals surface area contributed by atoms with Gasteiger partial charge in [0.15, 0.2) is 0 Å². The van der Waals surface area contributed by atoms with Gasteiger partial charge in [0.1, 0.15) is 35.2 Å². The number of ether oxygens (including phenoxy) is 1. The first kappa shape index (κ1) is 22.0. The molecule has 1 amide bonds. The van der Waals surface area contributed by atoms with E-state index in [0.717, 1.165) is 11.4 Å². The van der Waals surface area contributed by atoms with E-state index in [9.17, 15) is 9.18 Å². The van der Waals surface area contributed by atoms with Crippen molar-refractivity contribution in [2.45, 2.75) is 6.92 Å². The lowest BCUT2D eigenvalue weighted by Gasteiger charge is -2.09. The zero-order valence-corrected chi connectivity index (χ0v) is 18.9. The van der Waals surface area contributed by atoms with Crippen LogP contribution < -0.4 is 10.1 Å². The average Bonchev–Trinajstić information content (AvgIpc) is 3.46. The minimum atomic E-state index is -0.330. The first-order chi connectivity index (χ1) is 17.0. The number of hydrogen-bond acceptors (Lipinski definition) is 6. The van der Waals surface area contributed by atoms with E-state index < -0.39 is 0 Å². The Morgan fingerprint density at radius 1 is 1.00 bits per heavy atom. The number of rotatable bonds is 6. The fraction of sp³-hybridized carbons (Fsp3) is 0.0800. The maximum absolute atomic E-state index is 13.2. The molecular formula is C25H20FN7O2. The molecule has 0 saturated heterocycles. The van der Waals surface area contributed by atoms with Gasteiger partial charge in [0, 0.05) is 36.8 Å². The molecule has 0 fully saturated rings. The summed E-state index contributed by atoms with van der Waals surface area (Å²) in [7, 11) is 1.68. The highest BCUT2D eigenvalue weighted by Gasteiger charge is 2.15. The predicted molar refractivity (Wildman–Crippen MR) is 127 cm³/mol. The van der Waals surface area contributed by atoms with E-state index in [1.807, 2.05) is 17.7 Å². The van der Waals surface area contributed by atoms with Gasteiger partial charge in [-0.05, 0) is 61.5 Å². The second-order valence-electron chi connectivity index (χ2n) is 7.68. The van der Waals surface area contributed by atoms with E-state index in [1.165, 1.54) is 23.1 Å². The Bertz CT molecular complexity index is 1490. The molecule has 174 valence electrons. The Morgan fingerprint density at radius 2 is 1.77 bits per heavy atom. The number of carbonyl (C=O) groups excluding carboxylic acids is 1. The van der Waals surface area contributed by atoms with Gasteiger partial charge in [0.2, 0.25) is 5.88 Å². The van der Waals surface area contributed by atoms with Crippen molar-refractivity contribution in [1.29, 1.82) is 0 Å². The SMILES string of the molecule is Cc1nccn1-c1cc(Oc2ccc(NC(=O)c3cc(-c4ccc(F)cc4)nn3C)cc2)ncn1. The summed E-state index contributed by atoms with van der Waals surface area (Å²) in [5.74, 6) is 1.72. The van der Waals surface area contributed by atoms with Crippen LogP contribution in [0.4, 0.5) is 10.1 Å². The molecule has 0 atom stereocenters. The molecule has 0 unspecified atom stereocenters. The molecule has 3 aromatic heterocycles. The van der Waals surface area contributed by atoms with Crippen LogP contribution in [0.2, 0.25) is 0 Å². The number of aryl methyl sites for hydroxylation is 2. The molecule has 0 spiro atoms. The molecule has 10 heteroatoms. The number of amides is 1. The highest BCUT2D eigenvalue weighted by molar-refractivity contribution is 6.03. The second-order valence-corrected chi connectivity index (χ2v) is 7.68. The molecule has 5 aromatic rings. The van der Waals surface area contributed by atoms with Gasteiger partial charge in [-0.15, -0.1) is 0 Å². The van der Waals surface area contributed by atoms with Crippen LogP contribution in [0.15, 0.2) is 79.4 Å². The molecule has 35 heavy (non-hydrogen) atoms. The number of hydrogen-bond donors (Lipinski definition) is 1. The number of nitrogens with zero attached hydrogens (tertiary/aromatic N) is 6. The van der Waals surface area contributed by atoms with E-state index >= 15 is 0 Å². The molecule has 5 rings (SSSR count). The van der Waals surface area contributed by atoms with Crippen LogP contribution >= 0.6 is 0 Å². The van der Waals surface area contributed by atoms with Crippen molar-refractivity contribution in [1.82, 2.24) is 29.3 Å². The van der Waals surface area contributed by atoms with Crippen LogP contribution in [-0.2, 0) is 7.05 Å². The third kappa shape index (κ3) is 4.76. The van der Waals surface area contributed by atoms with Crippen LogP contribution in [0.1, 0.15) is 16.3 Å². The molecule has 0 aliphatic rings. The van der Waals surface area contributed by atoms with Gasteiger partial charge in [0.05, 0.1) is 5.69 Å². The normalized spacial score (nSPS) is 10.8. The van der Waals surface area contributed by atoms with Crippen molar-refractivity contribution in [2.75, 3.05) is 5.32 Å². The highest BCUT2D eigenvalue weighted by Crippen LogP contribution is 2.24. The van der Waals surface area contributed by atoms with Crippen LogP contribution in [0.25, 0.3) is 17.1 Å². The third-order valence-corrected chi connectivity index (χ3v) is 5.29. The summed E-state index contributed by atoms with van der Waals surface area (Å²) in [6.45, 7) is 1.88. The van der Waals surface area contributed by atoms with Crippen molar-refractivity contribution in [3.05, 3.63) is 96.7 Å². The number of halogens is 1. The first-order valence-electron chi connectivity index (χ1n) is 10.7. The summed E-state index contributed by atoms with van der Waals surface area (Å²) in [6.07, 6.45) is 4.93. The van der Waals surface area contributed by atoms with Crippen molar-refractivity contribution >= 4 is 11.6 Å². The zero-order chi connectivity index (χ0) is 24.4. The molecule has 2 aromatic carbocycles. The molecule has 1 N–H and O–H groups in total. The lowest BCUT2D eigenvalue weighted by molar-refractivity contribution is 0.101. The van der Waals surface area contributed by atoms with Gasteiger partial charge in [-0.1, -0.05) is 0 Å². The standard InChI is InChI=1S/C25H20FN7O2/c1-16-27-11-12-33(16)23-14-24(29-15-28-23)35-20-9-7-19(8-10-20)30-25(34)22-13-21(31-32(22)2)17-3-5-18(26)6-4-17/h3-15H,1-2H3,(H,30,34). The number of benzene rings is 2. The van der Waals surface area contributed by atoms with Gasteiger partial charge in [-0.2, -0.15) is 5.10 Å². The van der Waals surface area contributed by atoms with Gasteiger partial charge in [-0.3, -0.25) is 14.0 Å². The largest absolute Gasteiger partial charge is 0.439 e. The van der Waals surface area contributed by atoms with Crippen LogP contribution in [0, 0.1) is 12.7 Å². The van der Waals surface area contributed by atoms with Crippen LogP contribution in [0.5, 0.6) is 11.6 Å². The number of imidazole rings is 1. The Labute approximate surface area is 199 Å². The summed E-state index contributed by atoms with van der Waals surface area (Å²) >= 11 is 0. The van der Waals surface area contributed by atoms with Crippen molar-refractivity contribution < 1.29 is 13.9 Å². The first-order valence-corrected chi connectivity index (χ1v) is 10.7. The van der Waals surface area contributed by atoms with Gasteiger partial charge < -0.3 is 10.1 Å². The molecule has 0 aliphatic heterocycles. The Balaban J connectivity index is 1.27. The van der Waals surface area contributed by atoms with E-state index in [4.69, 9.17) is 4.74 Å². The molecule has 3 heterocycles. The van der Waals surface area contributed by atoms with Crippen molar-refractivity contribution in [3.8, 4) is 28.7 Å². The monoisotopic (exact) mass is 469 g/mol. The van der Waals surface area contributed by atoms with Crippen molar-refractivity contribution in [2.24, 2.45) is 7.05 Å². The fourth-order valence-electron chi connectivity index (χ4n) is 3.50. The molecule has 0 bridgehead atoms. The van der Waals surface area contributed by atoms with E-state index in [2.05, 4.69) is 25.4 Å². The lowest BCUT2D eigenvalue weighted by atomic mass is 10.1. The third-order valence-electron chi connectivity index (χ3n) is 5.29. The molecular weight excluding hydrogens is 449 g/mol. The van der Waals surface area contributed by atoms with Gasteiger partial charge in [0.25, 0.3) is 5.91 Å². The van der Waals surface area contributed by atoms with Gasteiger partial charge >= 0.3 is 0 Å². The van der Waals surface area contributed by atoms with E-state index in [1.54, 1.807) is 61.8 Å². The molecule has 0 radical (unpaired) electrons. The Kier molecular flexibility index (Phi) is 5.76. The Hall–Kier alpha value is -4.86. The minimum absolute atomic E-state index is 0.321. The second kappa shape index (κ2) is 9.18. The topological polar surface area (TPSA) is 99.8 Å². The Morgan fingerprint density at radius 3 is 2.49 bits per heavy atom. The number of anilines is 1. The van der Waals surface area contributed by atoms with Crippen LogP contribution in [-0.4, -0.2) is 35.2 Å². The number of aromatic nitrogens is 6. The predicted octanol–water partition coefficient (Wildman–Crippen LogP) is 4.55. The fourth-order valence-corrected chi connectivity index (χ4v) is 3.50. The lowest BCUT2D eigenvalue weighted by Crippen LogP contribution is -2.15. The summed E-state index contributed by atoms with van der Waals surface area (Å²) < 4.78 is 22.3.